The Bertz CT molecular complexity index is 1950. The number of ether oxygens (including phenoxy) is 3. The first-order chi connectivity index (χ1) is 32.6. The van der Waals surface area contributed by atoms with Crippen LogP contribution in [0.5, 0.6) is 0 Å². The van der Waals surface area contributed by atoms with E-state index >= 15 is 0 Å². The molecule has 0 saturated heterocycles. The molecule has 6 aromatic rings. The van der Waals surface area contributed by atoms with Gasteiger partial charge >= 0.3 is 25.8 Å². The molecule has 6 aromatic carbocycles. The predicted octanol–water partition coefficient (Wildman–Crippen LogP) is 12.2. The Morgan fingerprint density at radius 3 is 0.606 bits per heavy atom. The molecule has 0 aromatic heterocycles. The first-order valence-corrected chi connectivity index (χ1v) is 24.9. The summed E-state index contributed by atoms with van der Waals surface area (Å²) in [5.41, 5.74) is 5.63. The Balaban J connectivity index is 1.26. The molecule has 0 heterocycles. The molecule has 7 rings (SSSR count). The summed E-state index contributed by atoms with van der Waals surface area (Å²) in [5, 5.41) is 0. The van der Waals surface area contributed by atoms with Crippen molar-refractivity contribution in [1.29, 1.82) is 0 Å². The number of rotatable bonds is 27. The number of benzene rings is 6. The molecule has 0 N–H and O–H groups in total. The second-order valence-electron chi connectivity index (χ2n) is 15.0. The van der Waals surface area contributed by atoms with Crippen LogP contribution in [0.1, 0.15) is 33.4 Å². The van der Waals surface area contributed by atoms with Crippen LogP contribution in [0.25, 0.3) is 0 Å². The number of methoxy groups -OCH3 is 3. The molecule has 1 saturated carbocycles. The molecular formula is C51H57O12P3. The monoisotopic (exact) mass is 954 g/mol. The Hall–Kier alpha value is -3.87. The smallest absolute Gasteiger partial charge is 0.333 e. The van der Waals surface area contributed by atoms with Crippen LogP contribution in [0.2, 0.25) is 0 Å². The summed E-state index contributed by atoms with van der Waals surface area (Å²) in [6.45, 7) is 1.26. The zero-order valence-electron chi connectivity index (χ0n) is 37.3. The van der Waals surface area contributed by atoms with Crippen LogP contribution < -0.4 is 0 Å². The van der Waals surface area contributed by atoms with E-state index in [0.717, 1.165) is 33.4 Å². The maximum atomic E-state index is 7.12. The normalized spacial score (nSPS) is 19.7. The maximum absolute atomic E-state index is 7.12. The van der Waals surface area contributed by atoms with Gasteiger partial charge in [0.05, 0.1) is 39.6 Å². The van der Waals surface area contributed by atoms with E-state index < -0.39 is 62.4 Å². The highest BCUT2D eigenvalue weighted by Gasteiger charge is 2.57. The van der Waals surface area contributed by atoms with E-state index in [9.17, 15) is 0 Å². The zero-order valence-corrected chi connectivity index (χ0v) is 40.0. The lowest BCUT2D eigenvalue weighted by molar-refractivity contribution is -0.230. The fraction of sp³-hybridized carbons (Fsp3) is 0.294. The lowest BCUT2D eigenvalue weighted by Gasteiger charge is -2.49. The van der Waals surface area contributed by atoms with Gasteiger partial charge in [-0.2, -0.15) is 0 Å². The topological polar surface area (TPSA) is 111 Å². The summed E-state index contributed by atoms with van der Waals surface area (Å²) in [5.74, 6) is 0. The first kappa shape index (κ1) is 50.0. The third-order valence-electron chi connectivity index (χ3n) is 10.5. The molecule has 6 atom stereocenters. The van der Waals surface area contributed by atoms with Crippen LogP contribution in [0.3, 0.4) is 0 Å². The molecule has 0 bridgehead atoms. The van der Waals surface area contributed by atoms with Crippen molar-refractivity contribution in [1.82, 2.24) is 0 Å². The average Bonchev–Trinajstić information content (AvgIpc) is 3.38. The van der Waals surface area contributed by atoms with Crippen molar-refractivity contribution in [3.63, 3.8) is 0 Å². The summed E-state index contributed by atoms with van der Waals surface area (Å²) in [7, 11) is -1.56. The van der Waals surface area contributed by atoms with Crippen LogP contribution in [-0.4, -0.2) is 58.0 Å². The minimum Gasteiger partial charge on any atom is -0.376 e. The van der Waals surface area contributed by atoms with Gasteiger partial charge in [0, 0.05) is 21.3 Å². The fourth-order valence-corrected chi connectivity index (χ4v) is 10.5. The highest BCUT2D eigenvalue weighted by Crippen LogP contribution is 2.54. The molecule has 0 radical (unpaired) electrons. The van der Waals surface area contributed by atoms with E-state index in [1.165, 1.54) is 0 Å². The number of hydrogen-bond acceptors (Lipinski definition) is 12. The van der Waals surface area contributed by atoms with Crippen LogP contribution in [-0.2, 0) is 94.6 Å². The first-order valence-electron chi connectivity index (χ1n) is 21.6. The van der Waals surface area contributed by atoms with E-state index in [1.54, 1.807) is 21.3 Å². The zero-order chi connectivity index (χ0) is 45.6. The SMILES string of the molecule is COC1[C@@H](OC)[C@@H](OP(OCc2ccccc2)OCc2ccccc2)C(OP(OCc2ccccc2)OCc2ccccc2)[C@H](OP(OCc2ccccc2)OCc2ccccc2)[C@H]1OC. The average molecular weight is 955 g/mol. The quantitative estimate of drug-likeness (QED) is 0.0458. The van der Waals surface area contributed by atoms with Crippen molar-refractivity contribution in [3.05, 3.63) is 215 Å². The van der Waals surface area contributed by atoms with Gasteiger partial charge in [0.1, 0.15) is 36.6 Å². The third-order valence-corrected chi connectivity index (χ3v) is 13.7. The predicted molar refractivity (Wildman–Crippen MR) is 255 cm³/mol. The van der Waals surface area contributed by atoms with Gasteiger partial charge in [-0.15, -0.1) is 0 Å². The van der Waals surface area contributed by atoms with Gasteiger partial charge in [-0.1, -0.05) is 182 Å². The molecular weight excluding hydrogens is 897 g/mol. The molecule has 12 nitrogen and oxygen atoms in total. The largest absolute Gasteiger partial charge is 0.376 e. The van der Waals surface area contributed by atoms with Gasteiger partial charge in [-0.25, -0.2) is 0 Å². The molecule has 1 fully saturated rings. The van der Waals surface area contributed by atoms with Gasteiger partial charge in [-0.3, -0.25) is 0 Å². The van der Waals surface area contributed by atoms with Crippen molar-refractivity contribution in [3.8, 4) is 0 Å². The molecule has 0 aliphatic heterocycles. The Morgan fingerprint density at radius 1 is 0.258 bits per heavy atom. The Labute approximate surface area is 392 Å². The van der Waals surface area contributed by atoms with Crippen molar-refractivity contribution in [2.75, 3.05) is 21.3 Å². The van der Waals surface area contributed by atoms with Gasteiger partial charge in [0.25, 0.3) is 0 Å². The molecule has 66 heavy (non-hydrogen) atoms. The lowest BCUT2D eigenvalue weighted by Crippen LogP contribution is -2.66. The molecule has 1 aliphatic rings. The highest BCUT2D eigenvalue weighted by molar-refractivity contribution is 7.42. The Morgan fingerprint density at radius 2 is 0.424 bits per heavy atom. The Kier molecular flexibility index (Phi) is 21.1. The van der Waals surface area contributed by atoms with E-state index in [0.29, 0.717) is 0 Å². The van der Waals surface area contributed by atoms with Crippen molar-refractivity contribution in [2.45, 2.75) is 76.3 Å². The summed E-state index contributed by atoms with van der Waals surface area (Å²) in [6.07, 6.45) is -5.38. The number of hydrogen-bond donors (Lipinski definition) is 0. The standard InChI is InChI=1S/C51H57O12P3/c1-52-46-47(53-2)49(61-64(55-34-40-22-10-4-11-23-40)56-35-41-24-12-5-13-25-41)51(63-66(59-38-44-30-18-8-19-31-44)60-39-45-32-20-9-21-33-45)50(48(46)54-3)62-65(57-36-42-26-14-6-15-27-42)58-37-43-28-16-7-17-29-43/h4-33,46-51H,34-39H2,1-3H3/t46?,47-,48+,49-,50-,51?/m1/s1. The molecule has 1 aliphatic carbocycles. The van der Waals surface area contributed by atoms with Crippen LogP contribution in [0.15, 0.2) is 182 Å². The van der Waals surface area contributed by atoms with Gasteiger partial charge < -0.3 is 54.9 Å². The van der Waals surface area contributed by atoms with Crippen molar-refractivity contribution >= 4 is 25.8 Å². The second-order valence-corrected chi connectivity index (χ2v) is 18.6. The van der Waals surface area contributed by atoms with Gasteiger partial charge in [0.15, 0.2) is 0 Å². The van der Waals surface area contributed by atoms with Crippen LogP contribution >= 0.6 is 25.8 Å². The molecule has 15 heteroatoms. The second kappa shape index (κ2) is 27.8. The van der Waals surface area contributed by atoms with Crippen molar-refractivity contribution in [2.24, 2.45) is 0 Å². The molecule has 0 spiro atoms. The van der Waals surface area contributed by atoms with Crippen LogP contribution in [0, 0.1) is 0 Å². The molecule has 348 valence electrons. The minimum absolute atomic E-state index is 0.202. The summed E-state index contributed by atoms with van der Waals surface area (Å²) in [6, 6.07) is 59.0. The van der Waals surface area contributed by atoms with Crippen LogP contribution in [0.4, 0.5) is 0 Å². The van der Waals surface area contributed by atoms with E-state index in [-0.39, 0.29) is 39.6 Å². The van der Waals surface area contributed by atoms with Crippen molar-refractivity contribution < 1.29 is 54.9 Å². The summed E-state index contributed by atoms with van der Waals surface area (Å²) < 4.78 is 79.2. The maximum Gasteiger partial charge on any atom is 0.333 e. The summed E-state index contributed by atoms with van der Waals surface area (Å²) in [4.78, 5) is 0. The molecule has 2 unspecified atom stereocenters. The summed E-state index contributed by atoms with van der Waals surface area (Å²) >= 11 is 0. The molecule has 0 amide bonds. The third kappa shape index (κ3) is 15.6. The fourth-order valence-electron chi connectivity index (χ4n) is 7.09. The lowest BCUT2D eigenvalue weighted by atomic mass is 9.84. The van der Waals surface area contributed by atoms with E-state index in [4.69, 9.17) is 54.9 Å². The highest BCUT2D eigenvalue weighted by atomic mass is 31.2. The van der Waals surface area contributed by atoms with E-state index in [2.05, 4.69) is 0 Å². The van der Waals surface area contributed by atoms with Gasteiger partial charge in [-0.05, 0) is 33.4 Å². The minimum atomic E-state index is -2.14. The van der Waals surface area contributed by atoms with Gasteiger partial charge in [0.2, 0.25) is 0 Å². The van der Waals surface area contributed by atoms with E-state index in [1.807, 2.05) is 182 Å².